The average molecular weight is 255 g/mol. The van der Waals surface area contributed by atoms with Gasteiger partial charge < -0.3 is 14.7 Å². The minimum Gasteiger partial charge on any atom is -0.389 e. The monoisotopic (exact) mass is 255 g/mol. The Bertz CT molecular complexity index is 378. The number of aromatic nitrogens is 2. The predicted molar refractivity (Wildman–Crippen MR) is 67.1 cm³/mol. The molecule has 1 unspecified atom stereocenters. The molecule has 6 heteroatoms. The second-order valence-electron chi connectivity index (χ2n) is 4.41. The highest BCUT2D eigenvalue weighted by Gasteiger charge is 2.13. The molecule has 0 bridgehead atoms. The fraction of sp³-hybridized carbons (Fsp3) is 0.667. The van der Waals surface area contributed by atoms with Crippen molar-refractivity contribution < 1.29 is 14.6 Å². The van der Waals surface area contributed by atoms with Gasteiger partial charge in [-0.15, -0.1) is 0 Å². The Kier molecular flexibility index (Phi) is 5.80. The summed E-state index contributed by atoms with van der Waals surface area (Å²) in [6.07, 6.45) is 3.39. The molecule has 0 saturated carbocycles. The lowest BCUT2D eigenvalue weighted by molar-refractivity contribution is -0.131. The number of carbonyl (C=O) groups excluding carboxylic acids is 1. The molecule has 18 heavy (non-hydrogen) atoms. The first-order valence-corrected chi connectivity index (χ1v) is 5.93. The average Bonchev–Trinajstić information content (AvgIpc) is 2.72. The molecule has 0 fully saturated rings. The predicted octanol–water partition coefficient (Wildman–Crippen LogP) is 0.0473. The first-order chi connectivity index (χ1) is 8.52. The van der Waals surface area contributed by atoms with Gasteiger partial charge in [-0.25, -0.2) is 0 Å². The third kappa shape index (κ3) is 4.85. The molecule has 0 saturated heterocycles. The van der Waals surface area contributed by atoms with Crippen molar-refractivity contribution in [3.8, 4) is 0 Å². The number of methoxy groups -OCH3 is 1. The molecular formula is C12H21N3O3. The minimum absolute atomic E-state index is 0.0155. The first kappa shape index (κ1) is 14.7. The molecule has 102 valence electrons. The van der Waals surface area contributed by atoms with Crippen molar-refractivity contribution in [1.82, 2.24) is 14.7 Å². The van der Waals surface area contributed by atoms with Crippen LogP contribution < -0.4 is 0 Å². The lowest BCUT2D eigenvalue weighted by atomic mass is 10.3. The molecule has 1 aromatic heterocycles. The Hall–Kier alpha value is -1.40. The molecule has 6 nitrogen and oxygen atoms in total. The fourth-order valence-corrected chi connectivity index (χ4v) is 1.65. The maximum absolute atomic E-state index is 11.8. The summed E-state index contributed by atoms with van der Waals surface area (Å²) in [5, 5.41) is 13.6. The lowest BCUT2D eigenvalue weighted by Gasteiger charge is -2.20. The van der Waals surface area contributed by atoms with Crippen molar-refractivity contribution in [3.05, 3.63) is 18.0 Å². The Morgan fingerprint density at radius 3 is 2.94 bits per heavy atom. The van der Waals surface area contributed by atoms with Crippen molar-refractivity contribution in [2.45, 2.75) is 26.0 Å². The van der Waals surface area contributed by atoms with E-state index in [-0.39, 0.29) is 19.1 Å². The van der Waals surface area contributed by atoms with Crippen LogP contribution in [-0.4, -0.2) is 59.1 Å². The summed E-state index contributed by atoms with van der Waals surface area (Å²) in [5.74, 6) is -0.0155. The van der Waals surface area contributed by atoms with Gasteiger partial charge in [0.2, 0.25) is 5.91 Å². The number of rotatable bonds is 7. The standard InChI is InChI=1S/C12H21N3O3/c1-10-6-13-15(7-10)5-4-12(17)14(2)8-11(16)9-18-3/h6-7,11,16H,4-5,8-9H2,1-3H3. The number of hydrogen-bond donors (Lipinski definition) is 1. The van der Waals surface area contributed by atoms with E-state index in [0.717, 1.165) is 5.56 Å². The van der Waals surface area contributed by atoms with Crippen LogP contribution in [0.15, 0.2) is 12.4 Å². The molecule has 1 N–H and O–H groups in total. The zero-order chi connectivity index (χ0) is 13.5. The van der Waals surface area contributed by atoms with E-state index in [2.05, 4.69) is 5.10 Å². The van der Waals surface area contributed by atoms with Crippen LogP contribution in [0.5, 0.6) is 0 Å². The van der Waals surface area contributed by atoms with Crippen molar-refractivity contribution in [1.29, 1.82) is 0 Å². The summed E-state index contributed by atoms with van der Waals surface area (Å²) >= 11 is 0. The Labute approximate surface area is 107 Å². The van der Waals surface area contributed by atoms with E-state index in [1.54, 1.807) is 17.9 Å². The van der Waals surface area contributed by atoms with E-state index in [4.69, 9.17) is 4.74 Å². The molecule has 0 aliphatic carbocycles. The third-order valence-corrected chi connectivity index (χ3v) is 2.59. The van der Waals surface area contributed by atoms with Crippen LogP contribution in [0.3, 0.4) is 0 Å². The molecular weight excluding hydrogens is 234 g/mol. The number of aliphatic hydroxyl groups excluding tert-OH is 1. The topological polar surface area (TPSA) is 67.6 Å². The maximum Gasteiger partial charge on any atom is 0.224 e. The quantitative estimate of drug-likeness (QED) is 0.747. The SMILES string of the molecule is COCC(O)CN(C)C(=O)CCn1cc(C)cn1. The minimum atomic E-state index is -0.643. The summed E-state index contributed by atoms with van der Waals surface area (Å²) in [6.45, 7) is 3.02. The molecule has 0 aliphatic rings. The number of ether oxygens (including phenoxy) is 1. The van der Waals surface area contributed by atoms with Crippen LogP contribution in [0.4, 0.5) is 0 Å². The third-order valence-electron chi connectivity index (χ3n) is 2.59. The molecule has 0 aromatic carbocycles. The Morgan fingerprint density at radius 1 is 1.67 bits per heavy atom. The van der Waals surface area contributed by atoms with E-state index in [9.17, 15) is 9.90 Å². The van der Waals surface area contributed by atoms with E-state index >= 15 is 0 Å². The largest absolute Gasteiger partial charge is 0.389 e. The Morgan fingerprint density at radius 2 is 2.39 bits per heavy atom. The van der Waals surface area contributed by atoms with E-state index in [1.165, 1.54) is 12.0 Å². The highest BCUT2D eigenvalue weighted by Crippen LogP contribution is 1.99. The van der Waals surface area contributed by atoms with E-state index < -0.39 is 6.10 Å². The summed E-state index contributed by atoms with van der Waals surface area (Å²) in [6, 6.07) is 0. The van der Waals surface area contributed by atoms with Crippen molar-refractivity contribution in [3.63, 3.8) is 0 Å². The van der Waals surface area contributed by atoms with Gasteiger partial charge in [0.15, 0.2) is 0 Å². The van der Waals surface area contributed by atoms with Crippen LogP contribution in [0.25, 0.3) is 0 Å². The molecule has 1 rings (SSSR count). The second-order valence-corrected chi connectivity index (χ2v) is 4.41. The molecule has 1 atom stereocenters. The van der Waals surface area contributed by atoms with Gasteiger partial charge in [-0.3, -0.25) is 9.48 Å². The van der Waals surface area contributed by atoms with Crippen LogP contribution in [-0.2, 0) is 16.1 Å². The van der Waals surface area contributed by atoms with Crippen LogP contribution in [0.1, 0.15) is 12.0 Å². The van der Waals surface area contributed by atoms with Gasteiger partial charge in [-0.05, 0) is 12.5 Å². The van der Waals surface area contributed by atoms with Crippen LogP contribution in [0, 0.1) is 6.92 Å². The number of carbonyl (C=O) groups is 1. The zero-order valence-electron chi connectivity index (χ0n) is 11.2. The van der Waals surface area contributed by atoms with Crippen molar-refractivity contribution in [2.24, 2.45) is 0 Å². The number of amides is 1. The van der Waals surface area contributed by atoms with E-state index in [0.29, 0.717) is 13.0 Å². The summed E-state index contributed by atoms with van der Waals surface area (Å²) in [7, 11) is 3.20. The maximum atomic E-state index is 11.8. The molecule has 1 aromatic rings. The highest BCUT2D eigenvalue weighted by atomic mass is 16.5. The van der Waals surface area contributed by atoms with E-state index in [1.807, 2.05) is 13.1 Å². The summed E-state index contributed by atoms with van der Waals surface area (Å²) in [4.78, 5) is 13.3. The van der Waals surface area contributed by atoms with Gasteiger partial charge in [-0.2, -0.15) is 5.10 Å². The Balaban J connectivity index is 2.31. The van der Waals surface area contributed by atoms with Gasteiger partial charge in [0.25, 0.3) is 0 Å². The molecule has 0 radical (unpaired) electrons. The number of nitrogens with zero attached hydrogens (tertiary/aromatic N) is 3. The lowest BCUT2D eigenvalue weighted by Crippen LogP contribution is -2.36. The van der Waals surface area contributed by atoms with Gasteiger partial charge >= 0.3 is 0 Å². The fourth-order valence-electron chi connectivity index (χ4n) is 1.65. The summed E-state index contributed by atoms with van der Waals surface area (Å²) < 4.78 is 6.56. The van der Waals surface area contributed by atoms with Crippen molar-refractivity contribution in [2.75, 3.05) is 27.3 Å². The first-order valence-electron chi connectivity index (χ1n) is 5.93. The van der Waals surface area contributed by atoms with Gasteiger partial charge in [-0.1, -0.05) is 0 Å². The van der Waals surface area contributed by atoms with Gasteiger partial charge in [0.05, 0.1) is 18.9 Å². The van der Waals surface area contributed by atoms with Crippen LogP contribution in [0.2, 0.25) is 0 Å². The zero-order valence-corrected chi connectivity index (χ0v) is 11.2. The highest BCUT2D eigenvalue weighted by molar-refractivity contribution is 5.75. The number of aliphatic hydroxyl groups is 1. The normalized spacial score (nSPS) is 12.4. The summed E-state index contributed by atoms with van der Waals surface area (Å²) in [5.41, 5.74) is 1.08. The second kappa shape index (κ2) is 7.13. The molecule has 0 spiro atoms. The molecule has 0 aliphatic heterocycles. The van der Waals surface area contributed by atoms with Crippen molar-refractivity contribution >= 4 is 5.91 Å². The molecule has 1 amide bonds. The number of aryl methyl sites for hydroxylation is 2. The smallest absolute Gasteiger partial charge is 0.224 e. The number of likely N-dealkylation sites (N-methyl/N-ethyl adjacent to an activating group) is 1. The molecule has 1 heterocycles. The number of hydrogen-bond acceptors (Lipinski definition) is 4. The van der Waals surface area contributed by atoms with Crippen LogP contribution >= 0.6 is 0 Å². The van der Waals surface area contributed by atoms with Gasteiger partial charge in [0, 0.05) is 39.9 Å². The van der Waals surface area contributed by atoms with Gasteiger partial charge in [0.1, 0.15) is 0 Å².